The zero-order valence-electron chi connectivity index (χ0n) is 13.3. The van der Waals surface area contributed by atoms with Crippen molar-refractivity contribution in [3.8, 4) is 0 Å². The molecule has 0 saturated heterocycles. The summed E-state index contributed by atoms with van der Waals surface area (Å²) in [4.78, 5) is 0. The lowest BCUT2D eigenvalue weighted by Crippen LogP contribution is -2.36. The summed E-state index contributed by atoms with van der Waals surface area (Å²) in [5, 5.41) is 0. The summed E-state index contributed by atoms with van der Waals surface area (Å²) in [6.45, 7) is 0. The molecule has 2 aliphatic rings. The number of hydrogen-bond acceptors (Lipinski definition) is 2. The Labute approximate surface area is 129 Å². The van der Waals surface area contributed by atoms with Crippen molar-refractivity contribution in [2.45, 2.75) is 69.4 Å². The Bertz CT molecular complexity index is 449. The molecule has 2 unspecified atom stereocenters. The van der Waals surface area contributed by atoms with Crippen LogP contribution in [0.15, 0.2) is 24.3 Å². The maximum Gasteiger partial charge on any atom is 0.0791 e. The largest absolute Gasteiger partial charge is 0.379 e. The van der Waals surface area contributed by atoms with Gasteiger partial charge in [0.2, 0.25) is 0 Å². The van der Waals surface area contributed by atoms with E-state index in [-0.39, 0.29) is 12.1 Å². The van der Waals surface area contributed by atoms with Crippen LogP contribution in [0.5, 0.6) is 0 Å². The van der Waals surface area contributed by atoms with E-state index < -0.39 is 0 Å². The highest BCUT2D eigenvalue weighted by atomic mass is 16.5. The summed E-state index contributed by atoms with van der Waals surface area (Å²) in [7, 11) is 1.84. The third-order valence-corrected chi connectivity index (χ3v) is 5.64. The van der Waals surface area contributed by atoms with E-state index in [4.69, 9.17) is 10.5 Å². The lowest BCUT2D eigenvalue weighted by Gasteiger charge is -2.36. The number of rotatable bonds is 5. The highest BCUT2D eigenvalue weighted by Gasteiger charge is 2.32. The van der Waals surface area contributed by atoms with Gasteiger partial charge in [-0.2, -0.15) is 0 Å². The molecule has 0 spiro atoms. The van der Waals surface area contributed by atoms with Gasteiger partial charge in [0.15, 0.2) is 0 Å². The molecule has 1 aromatic carbocycles. The summed E-state index contributed by atoms with van der Waals surface area (Å²) in [5.74, 6) is 1.37. The monoisotopic (exact) mass is 287 g/mol. The van der Waals surface area contributed by atoms with E-state index >= 15 is 0 Å². The third kappa shape index (κ3) is 3.17. The lowest BCUT2D eigenvalue weighted by atomic mass is 9.75. The molecule has 21 heavy (non-hydrogen) atoms. The fourth-order valence-electron chi connectivity index (χ4n) is 4.18. The Hall–Kier alpha value is -0.860. The number of benzene rings is 1. The van der Waals surface area contributed by atoms with Crippen LogP contribution in [0.4, 0.5) is 0 Å². The van der Waals surface area contributed by atoms with Crippen LogP contribution in [0.3, 0.4) is 0 Å². The van der Waals surface area contributed by atoms with Crippen molar-refractivity contribution < 1.29 is 4.74 Å². The molecule has 2 N–H and O–H groups in total. The molecule has 2 heteroatoms. The smallest absolute Gasteiger partial charge is 0.0791 e. The minimum absolute atomic E-state index is 0.0231. The predicted molar refractivity (Wildman–Crippen MR) is 87.3 cm³/mol. The zero-order valence-corrected chi connectivity index (χ0v) is 13.3. The van der Waals surface area contributed by atoms with E-state index in [0.29, 0.717) is 5.92 Å². The van der Waals surface area contributed by atoms with Gasteiger partial charge in [0.05, 0.1) is 12.1 Å². The van der Waals surface area contributed by atoms with Gasteiger partial charge in [0.1, 0.15) is 0 Å². The molecule has 0 radical (unpaired) electrons. The second-order valence-corrected chi connectivity index (χ2v) is 6.88. The molecule has 2 saturated carbocycles. The van der Waals surface area contributed by atoms with E-state index in [1.807, 2.05) is 7.11 Å². The first-order valence-electron chi connectivity index (χ1n) is 8.68. The molecule has 0 amide bonds. The van der Waals surface area contributed by atoms with Crippen molar-refractivity contribution in [3.05, 3.63) is 35.4 Å². The summed E-state index contributed by atoms with van der Waals surface area (Å²) < 4.78 is 5.87. The van der Waals surface area contributed by atoms with Crippen LogP contribution >= 0.6 is 0 Å². The van der Waals surface area contributed by atoms with Crippen LogP contribution in [0, 0.1) is 5.92 Å². The van der Waals surface area contributed by atoms with Crippen LogP contribution in [-0.2, 0) is 4.74 Å². The van der Waals surface area contributed by atoms with Gasteiger partial charge in [0, 0.05) is 7.11 Å². The van der Waals surface area contributed by atoms with Crippen LogP contribution in [0.25, 0.3) is 0 Å². The average Bonchev–Trinajstić information content (AvgIpc) is 2.48. The first-order valence-corrected chi connectivity index (χ1v) is 8.68. The van der Waals surface area contributed by atoms with E-state index in [1.165, 1.54) is 62.5 Å². The van der Waals surface area contributed by atoms with E-state index in [1.54, 1.807) is 0 Å². The summed E-state index contributed by atoms with van der Waals surface area (Å²) in [5.41, 5.74) is 9.49. The first kappa shape index (κ1) is 15.1. The molecule has 2 nitrogen and oxygen atoms in total. The van der Waals surface area contributed by atoms with Crippen molar-refractivity contribution in [3.63, 3.8) is 0 Å². The Morgan fingerprint density at radius 2 is 1.71 bits per heavy atom. The minimum Gasteiger partial charge on any atom is -0.379 e. The second kappa shape index (κ2) is 6.93. The fraction of sp³-hybridized carbons (Fsp3) is 0.684. The van der Waals surface area contributed by atoms with Crippen molar-refractivity contribution in [1.82, 2.24) is 0 Å². The molecule has 2 aliphatic carbocycles. The molecule has 0 aromatic heterocycles. The van der Waals surface area contributed by atoms with Crippen LogP contribution in [0.2, 0.25) is 0 Å². The molecular weight excluding hydrogens is 258 g/mol. The normalized spacial score (nSPS) is 23.5. The lowest BCUT2D eigenvalue weighted by molar-refractivity contribution is 0.0169. The van der Waals surface area contributed by atoms with Gasteiger partial charge >= 0.3 is 0 Å². The summed E-state index contributed by atoms with van der Waals surface area (Å²) >= 11 is 0. The topological polar surface area (TPSA) is 35.2 Å². The molecule has 0 heterocycles. The molecule has 0 bridgehead atoms. The zero-order chi connectivity index (χ0) is 14.7. The van der Waals surface area contributed by atoms with Crippen LogP contribution < -0.4 is 5.73 Å². The van der Waals surface area contributed by atoms with Gasteiger partial charge in [-0.3, -0.25) is 0 Å². The molecule has 2 atom stereocenters. The number of nitrogens with two attached hydrogens (primary N) is 1. The molecule has 116 valence electrons. The third-order valence-electron chi connectivity index (χ3n) is 5.64. The first-order chi connectivity index (χ1) is 10.3. The molecule has 3 rings (SSSR count). The van der Waals surface area contributed by atoms with Gasteiger partial charge in [0.25, 0.3) is 0 Å². The maximum atomic E-state index is 6.67. The van der Waals surface area contributed by atoms with Crippen molar-refractivity contribution >= 4 is 0 Å². The van der Waals surface area contributed by atoms with Gasteiger partial charge < -0.3 is 10.5 Å². The maximum absolute atomic E-state index is 6.67. The Balaban J connectivity index is 1.80. The Morgan fingerprint density at radius 1 is 1.00 bits per heavy atom. The average molecular weight is 287 g/mol. The standard InChI is InChI=1S/C19H29NO/c1-21-19(15-8-3-2-4-9-15)18(20)17-13-6-5-12-16(17)14-10-7-11-14/h5-6,12-15,18-19H,2-4,7-11,20H2,1H3. The molecule has 2 fully saturated rings. The molecule has 0 aliphatic heterocycles. The fourth-order valence-corrected chi connectivity index (χ4v) is 4.18. The van der Waals surface area contributed by atoms with Crippen LogP contribution in [0.1, 0.15) is 74.5 Å². The minimum atomic E-state index is 0.0231. The molecule has 1 aromatic rings. The van der Waals surface area contributed by atoms with E-state index in [9.17, 15) is 0 Å². The van der Waals surface area contributed by atoms with E-state index in [0.717, 1.165) is 5.92 Å². The highest BCUT2D eigenvalue weighted by molar-refractivity contribution is 5.34. The van der Waals surface area contributed by atoms with Crippen molar-refractivity contribution in [2.24, 2.45) is 11.7 Å². The van der Waals surface area contributed by atoms with E-state index in [2.05, 4.69) is 24.3 Å². The summed E-state index contributed by atoms with van der Waals surface area (Å²) in [6, 6.07) is 8.83. The predicted octanol–water partition coefficient (Wildman–Crippen LogP) is 4.55. The van der Waals surface area contributed by atoms with Crippen molar-refractivity contribution in [2.75, 3.05) is 7.11 Å². The number of hydrogen-bond donors (Lipinski definition) is 1. The second-order valence-electron chi connectivity index (χ2n) is 6.88. The summed E-state index contributed by atoms with van der Waals surface area (Å²) in [6.07, 6.45) is 10.8. The van der Waals surface area contributed by atoms with Gasteiger partial charge in [-0.1, -0.05) is 49.9 Å². The van der Waals surface area contributed by atoms with Crippen molar-refractivity contribution in [1.29, 1.82) is 0 Å². The van der Waals surface area contributed by atoms with Crippen LogP contribution in [-0.4, -0.2) is 13.2 Å². The Morgan fingerprint density at radius 3 is 2.33 bits per heavy atom. The number of ether oxygens (including phenoxy) is 1. The quantitative estimate of drug-likeness (QED) is 0.862. The van der Waals surface area contributed by atoms with Gasteiger partial charge in [-0.25, -0.2) is 0 Å². The number of methoxy groups -OCH3 is 1. The highest BCUT2D eigenvalue weighted by Crippen LogP contribution is 2.41. The van der Waals surface area contributed by atoms with Gasteiger partial charge in [-0.05, 0) is 48.6 Å². The SMILES string of the molecule is COC(C1CCCCC1)C(N)c1ccccc1C1CCC1. The van der Waals surface area contributed by atoms with Gasteiger partial charge in [-0.15, -0.1) is 0 Å². The Kier molecular flexibility index (Phi) is 4.97. The molecular formula is C19H29NO.